The van der Waals surface area contributed by atoms with Crippen molar-refractivity contribution in [3.05, 3.63) is 64.2 Å². The number of anilines is 1. The molecule has 0 unspecified atom stereocenters. The lowest BCUT2D eigenvalue weighted by Crippen LogP contribution is -2.39. The smallest absolute Gasteiger partial charge is 0.240 e. The summed E-state index contributed by atoms with van der Waals surface area (Å²) in [5.74, 6) is -0.485. The normalized spacial score (nSPS) is 14.7. The SMILES string of the molecule is Cc1ccc(NC(=O)C2(C(=O)NCc3ccccc3Cl)CC2)cc1C. The maximum Gasteiger partial charge on any atom is 0.240 e. The monoisotopic (exact) mass is 356 g/mol. The van der Waals surface area contributed by atoms with Crippen molar-refractivity contribution in [1.29, 1.82) is 0 Å². The molecule has 25 heavy (non-hydrogen) atoms. The second kappa shape index (κ2) is 6.89. The Hall–Kier alpha value is -2.33. The third kappa shape index (κ3) is 3.69. The number of aryl methyl sites for hydroxylation is 2. The Morgan fingerprint density at radius 1 is 1.04 bits per heavy atom. The summed E-state index contributed by atoms with van der Waals surface area (Å²) in [4.78, 5) is 25.2. The fraction of sp³-hybridized carbons (Fsp3) is 0.300. The lowest BCUT2D eigenvalue weighted by Gasteiger charge is -2.16. The summed E-state index contributed by atoms with van der Waals surface area (Å²) in [5.41, 5.74) is 2.86. The first kappa shape index (κ1) is 17.5. The number of rotatable bonds is 5. The summed E-state index contributed by atoms with van der Waals surface area (Å²) < 4.78 is 0. The first-order valence-electron chi connectivity index (χ1n) is 8.33. The largest absolute Gasteiger partial charge is 0.351 e. The lowest BCUT2D eigenvalue weighted by molar-refractivity contribution is -0.134. The summed E-state index contributed by atoms with van der Waals surface area (Å²) >= 11 is 6.10. The van der Waals surface area contributed by atoms with Gasteiger partial charge in [0, 0.05) is 17.3 Å². The summed E-state index contributed by atoms with van der Waals surface area (Å²) in [5, 5.41) is 6.33. The van der Waals surface area contributed by atoms with E-state index in [1.54, 1.807) is 6.07 Å². The number of amides is 2. The van der Waals surface area contributed by atoms with Crippen LogP contribution in [0.5, 0.6) is 0 Å². The Bertz CT molecular complexity index is 828. The predicted octanol–water partition coefficient (Wildman–Crippen LogP) is 3.99. The molecule has 1 aliphatic rings. The first-order chi connectivity index (χ1) is 11.9. The van der Waals surface area contributed by atoms with Crippen LogP contribution in [0.3, 0.4) is 0 Å². The number of nitrogens with one attached hydrogen (secondary N) is 2. The fourth-order valence-corrected chi connectivity index (χ4v) is 2.94. The Kier molecular flexibility index (Phi) is 4.82. The molecular formula is C20H21ClN2O2. The van der Waals surface area contributed by atoms with Gasteiger partial charge in [-0.2, -0.15) is 0 Å². The van der Waals surface area contributed by atoms with Gasteiger partial charge in [-0.3, -0.25) is 9.59 Å². The van der Waals surface area contributed by atoms with E-state index in [0.29, 0.717) is 24.4 Å². The minimum Gasteiger partial charge on any atom is -0.351 e. The molecule has 0 spiro atoms. The molecule has 5 heteroatoms. The minimum absolute atomic E-state index is 0.242. The molecule has 0 radical (unpaired) electrons. The van der Waals surface area contributed by atoms with Crippen molar-refractivity contribution >= 4 is 29.1 Å². The summed E-state index contributed by atoms with van der Waals surface area (Å²) in [7, 11) is 0. The molecule has 0 aromatic heterocycles. The van der Waals surface area contributed by atoms with Crippen molar-refractivity contribution < 1.29 is 9.59 Å². The van der Waals surface area contributed by atoms with Crippen LogP contribution in [0, 0.1) is 19.3 Å². The van der Waals surface area contributed by atoms with Crippen LogP contribution >= 0.6 is 11.6 Å². The molecule has 3 rings (SSSR count). The highest BCUT2D eigenvalue weighted by Gasteiger charge is 2.56. The molecule has 0 saturated heterocycles. The van der Waals surface area contributed by atoms with Gasteiger partial charge < -0.3 is 10.6 Å². The van der Waals surface area contributed by atoms with Gasteiger partial charge in [0.15, 0.2) is 0 Å². The zero-order valence-corrected chi connectivity index (χ0v) is 15.1. The highest BCUT2D eigenvalue weighted by molar-refractivity contribution is 6.31. The third-order valence-electron chi connectivity index (χ3n) is 4.78. The number of carbonyl (C=O) groups excluding carboxylic acids is 2. The molecular weight excluding hydrogens is 336 g/mol. The van der Waals surface area contributed by atoms with Gasteiger partial charge in [-0.15, -0.1) is 0 Å². The average molecular weight is 357 g/mol. The average Bonchev–Trinajstić information content (AvgIpc) is 3.39. The van der Waals surface area contributed by atoms with Crippen molar-refractivity contribution in [3.8, 4) is 0 Å². The Balaban J connectivity index is 1.64. The molecule has 2 amide bonds. The van der Waals surface area contributed by atoms with Gasteiger partial charge in [0.1, 0.15) is 5.41 Å². The standard InChI is InChI=1S/C20H21ClN2O2/c1-13-7-8-16(11-14(13)2)23-19(25)20(9-10-20)18(24)22-12-15-5-3-4-6-17(15)21/h3-8,11H,9-10,12H2,1-2H3,(H,22,24)(H,23,25). The number of hydrogen-bond donors (Lipinski definition) is 2. The molecule has 0 bridgehead atoms. The van der Waals surface area contributed by atoms with Gasteiger partial charge in [-0.05, 0) is 61.6 Å². The summed E-state index contributed by atoms with van der Waals surface area (Å²) in [6.45, 7) is 4.33. The second-order valence-corrected chi connectivity index (χ2v) is 7.02. The fourth-order valence-electron chi connectivity index (χ4n) is 2.74. The van der Waals surface area contributed by atoms with Crippen LogP contribution in [-0.4, -0.2) is 11.8 Å². The molecule has 0 aliphatic heterocycles. The van der Waals surface area contributed by atoms with E-state index in [-0.39, 0.29) is 11.8 Å². The number of halogens is 1. The Morgan fingerprint density at radius 2 is 1.76 bits per heavy atom. The van der Waals surface area contributed by atoms with Gasteiger partial charge in [0.2, 0.25) is 11.8 Å². The van der Waals surface area contributed by atoms with E-state index in [2.05, 4.69) is 10.6 Å². The quantitative estimate of drug-likeness (QED) is 0.796. The predicted molar refractivity (Wildman–Crippen MR) is 99.5 cm³/mol. The van der Waals surface area contributed by atoms with Crippen LogP contribution in [0.15, 0.2) is 42.5 Å². The van der Waals surface area contributed by atoms with E-state index in [4.69, 9.17) is 11.6 Å². The maximum atomic E-state index is 12.6. The van der Waals surface area contributed by atoms with Gasteiger partial charge in [-0.25, -0.2) is 0 Å². The van der Waals surface area contributed by atoms with Crippen LogP contribution in [0.25, 0.3) is 0 Å². The van der Waals surface area contributed by atoms with Crippen molar-refractivity contribution in [2.45, 2.75) is 33.2 Å². The van der Waals surface area contributed by atoms with Gasteiger partial charge >= 0.3 is 0 Å². The molecule has 0 atom stereocenters. The van der Waals surface area contributed by atoms with E-state index < -0.39 is 5.41 Å². The number of benzene rings is 2. The van der Waals surface area contributed by atoms with Gasteiger partial charge in [0.05, 0.1) is 0 Å². The molecule has 2 N–H and O–H groups in total. The van der Waals surface area contributed by atoms with Crippen LogP contribution in [0.1, 0.15) is 29.5 Å². The van der Waals surface area contributed by atoms with E-state index in [1.807, 2.05) is 50.2 Å². The van der Waals surface area contributed by atoms with Crippen molar-refractivity contribution in [2.24, 2.45) is 5.41 Å². The zero-order chi connectivity index (χ0) is 18.0. The zero-order valence-electron chi connectivity index (χ0n) is 14.4. The van der Waals surface area contributed by atoms with Crippen LogP contribution in [-0.2, 0) is 16.1 Å². The lowest BCUT2D eigenvalue weighted by atomic mass is 10.0. The highest BCUT2D eigenvalue weighted by atomic mass is 35.5. The minimum atomic E-state index is -0.958. The second-order valence-electron chi connectivity index (χ2n) is 6.61. The van der Waals surface area contributed by atoms with E-state index in [0.717, 1.165) is 22.4 Å². The molecule has 1 saturated carbocycles. The van der Waals surface area contributed by atoms with E-state index in [1.165, 1.54) is 0 Å². The molecule has 1 fully saturated rings. The summed E-state index contributed by atoms with van der Waals surface area (Å²) in [6, 6.07) is 13.1. The third-order valence-corrected chi connectivity index (χ3v) is 5.15. The summed E-state index contributed by atoms with van der Waals surface area (Å²) in [6.07, 6.45) is 1.13. The molecule has 130 valence electrons. The molecule has 1 aliphatic carbocycles. The molecule has 2 aromatic carbocycles. The first-order valence-corrected chi connectivity index (χ1v) is 8.70. The maximum absolute atomic E-state index is 12.6. The van der Waals surface area contributed by atoms with Crippen molar-refractivity contribution in [2.75, 3.05) is 5.32 Å². The number of carbonyl (C=O) groups is 2. The Morgan fingerprint density at radius 3 is 2.40 bits per heavy atom. The molecule has 0 heterocycles. The van der Waals surface area contributed by atoms with Crippen LogP contribution in [0.2, 0.25) is 5.02 Å². The number of hydrogen-bond acceptors (Lipinski definition) is 2. The molecule has 2 aromatic rings. The van der Waals surface area contributed by atoms with E-state index in [9.17, 15) is 9.59 Å². The van der Waals surface area contributed by atoms with E-state index >= 15 is 0 Å². The Labute approximate surface area is 152 Å². The van der Waals surface area contributed by atoms with Gasteiger partial charge in [0.25, 0.3) is 0 Å². The van der Waals surface area contributed by atoms with Gasteiger partial charge in [-0.1, -0.05) is 35.9 Å². The highest BCUT2D eigenvalue weighted by Crippen LogP contribution is 2.47. The van der Waals surface area contributed by atoms with Crippen LogP contribution < -0.4 is 10.6 Å². The van der Waals surface area contributed by atoms with Crippen LogP contribution in [0.4, 0.5) is 5.69 Å². The topological polar surface area (TPSA) is 58.2 Å². The van der Waals surface area contributed by atoms with Crippen molar-refractivity contribution in [1.82, 2.24) is 5.32 Å². The van der Waals surface area contributed by atoms with Crippen molar-refractivity contribution in [3.63, 3.8) is 0 Å². The molecule has 4 nitrogen and oxygen atoms in total.